The first kappa shape index (κ1) is 17.0. The van der Waals surface area contributed by atoms with Crippen molar-refractivity contribution >= 4 is 41.3 Å². The van der Waals surface area contributed by atoms with Crippen LogP contribution in [0.25, 0.3) is 11.2 Å². The largest absolute Gasteiger partial charge is 0.387 e. The Bertz CT molecular complexity index is 642. The molecule has 11 heteroatoms. The first-order chi connectivity index (χ1) is 10.6. The molecule has 1 aliphatic rings. The van der Waals surface area contributed by atoms with Gasteiger partial charge in [0, 0.05) is 5.75 Å². The number of rotatable bonds is 3. The molecule has 9 nitrogen and oxygen atoms in total. The second-order valence-corrected chi connectivity index (χ2v) is 5.50. The minimum absolute atomic E-state index is 0.266. The molecule has 0 saturated carbocycles. The van der Waals surface area contributed by atoms with Crippen molar-refractivity contribution in [3.8, 4) is 0 Å². The van der Waals surface area contributed by atoms with E-state index in [9.17, 15) is 10.2 Å². The normalized spacial score (nSPS) is 27.6. The van der Waals surface area contributed by atoms with Gasteiger partial charge in [-0.15, -0.1) is 0 Å². The molecule has 0 bridgehead atoms. The molecule has 0 amide bonds. The Morgan fingerprint density at radius 2 is 2.09 bits per heavy atom. The molecule has 120 valence electrons. The number of hydrogen-bond acceptors (Lipinski definition) is 10. The molecule has 0 unspecified atom stereocenters. The highest BCUT2D eigenvalue weighted by molar-refractivity contribution is 7.98. The highest BCUT2D eigenvalue weighted by Gasteiger charge is 2.43. The molecule has 0 aromatic carbocycles. The summed E-state index contributed by atoms with van der Waals surface area (Å²) in [6.07, 6.45) is 1.58. The van der Waals surface area contributed by atoms with Crippen molar-refractivity contribution in [2.75, 3.05) is 17.7 Å². The first-order valence-corrected chi connectivity index (χ1v) is 7.96. The standard InChI is InChI=1S/C11H15N5O3S.OS/c1-20-2-5-7(17)8(18)11(19-5)16-4-15-6-9(12)13-3-14-10(6)16;1-2/h3-5,7-8,11,17-18H,2H2,1H3,(H2,12,13,14);/t5-,7-,8-,11-;/m1./s1. The number of thioether (sulfide) groups is 1. The molecule has 1 fully saturated rings. The highest BCUT2D eigenvalue weighted by atomic mass is 32.2. The lowest BCUT2D eigenvalue weighted by Crippen LogP contribution is -2.32. The van der Waals surface area contributed by atoms with Crippen molar-refractivity contribution < 1.29 is 19.2 Å². The monoisotopic (exact) mass is 345 g/mol. The fraction of sp³-hybridized carbons (Fsp3) is 0.545. The van der Waals surface area contributed by atoms with Crippen LogP contribution < -0.4 is 5.73 Å². The van der Waals surface area contributed by atoms with Gasteiger partial charge < -0.3 is 20.7 Å². The van der Waals surface area contributed by atoms with E-state index < -0.39 is 24.5 Å². The molecule has 1 aliphatic heterocycles. The molecular weight excluding hydrogens is 330 g/mol. The zero-order chi connectivity index (χ0) is 16.3. The van der Waals surface area contributed by atoms with E-state index in [2.05, 4.69) is 27.5 Å². The van der Waals surface area contributed by atoms with E-state index in [1.54, 1.807) is 16.3 Å². The number of anilines is 1. The molecule has 0 radical (unpaired) electrons. The van der Waals surface area contributed by atoms with Crippen molar-refractivity contribution in [1.29, 1.82) is 0 Å². The van der Waals surface area contributed by atoms with Crippen LogP contribution in [-0.4, -0.2) is 64.3 Å². The zero-order valence-corrected chi connectivity index (χ0v) is 13.2. The van der Waals surface area contributed by atoms with E-state index in [-0.39, 0.29) is 5.82 Å². The van der Waals surface area contributed by atoms with E-state index in [4.69, 9.17) is 14.7 Å². The lowest BCUT2D eigenvalue weighted by atomic mass is 10.1. The van der Waals surface area contributed by atoms with E-state index in [1.165, 1.54) is 12.7 Å². The molecule has 3 rings (SSSR count). The lowest BCUT2D eigenvalue weighted by molar-refractivity contribution is -0.0288. The summed E-state index contributed by atoms with van der Waals surface area (Å²) in [6, 6.07) is 0. The van der Waals surface area contributed by atoms with Gasteiger partial charge in [-0.25, -0.2) is 15.0 Å². The zero-order valence-electron chi connectivity index (χ0n) is 11.6. The average molecular weight is 345 g/mol. The van der Waals surface area contributed by atoms with Gasteiger partial charge >= 0.3 is 0 Å². The molecule has 2 aromatic heterocycles. The van der Waals surface area contributed by atoms with Crippen molar-refractivity contribution in [2.45, 2.75) is 24.5 Å². The average Bonchev–Trinajstić information content (AvgIpc) is 3.07. The second kappa shape index (κ2) is 7.24. The maximum Gasteiger partial charge on any atom is 0.197 e. The lowest BCUT2D eigenvalue weighted by Gasteiger charge is -2.16. The quantitative estimate of drug-likeness (QED) is 0.639. The number of hydrogen-bond donors (Lipinski definition) is 3. The van der Waals surface area contributed by atoms with Crippen LogP contribution in [0.2, 0.25) is 0 Å². The van der Waals surface area contributed by atoms with Crippen LogP contribution in [0.5, 0.6) is 0 Å². The van der Waals surface area contributed by atoms with Gasteiger partial charge in [-0.05, 0) is 6.26 Å². The predicted octanol–water partition coefficient (Wildman–Crippen LogP) is -0.946. The van der Waals surface area contributed by atoms with Gasteiger partial charge in [0.05, 0.1) is 12.4 Å². The summed E-state index contributed by atoms with van der Waals surface area (Å²) >= 11 is 4.38. The van der Waals surface area contributed by atoms with Gasteiger partial charge in [-0.1, -0.05) is 0 Å². The molecule has 0 aliphatic carbocycles. The third-order valence-corrected chi connectivity index (χ3v) is 3.99. The van der Waals surface area contributed by atoms with E-state index in [1.807, 2.05) is 6.26 Å². The summed E-state index contributed by atoms with van der Waals surface area (Å²) < 4.78 is 15.1. The minimum atomic E-state index is -1.04. The molecule has 4 N–H and O–H groups in total. The summed E-state index contributed by atoms with van der Waals surface area (Å²) in [5.41, 5.74) is 6.64. The van der Waals surface area contributed by atoms with E-state index in [0.29, 0.717) is 16.9 Å². The first-order valence-electron chi connectivity index (χ1n) is 6.23. The predicted molar refractivity (Wildman–Crippen MR) is 82.2 cm³/mol. The number of fused-ring (bicyclic) bond motifs is 1. The van der Waals surface area contributed by atoms with Crippen LogP contribution in [0.1, 0.15) is 6.23 Å². The Hall–Kier alpha value is -1.40. The van der Waals surface area contributed by atoms with Gasteiger partial charge in [-0.2, -0.15) is 16.0 Å². The number of ether oxygens (including phenoxy) is 1. The molecule has 3 heterocycles. The Morgan fingerprint density at radius 1 is 1.36 bits per heavy atom. The van der Waals surface area contributed by atoms with Crippen molar-refractivity contribution in [2.24, 2.45) is 0 Å². The number of aliphatic hydroxyl groups is 2. The molecule has 0 spiro atoms. The Kier molecular flexibility index (Phi) is 5.58. The number of nitrogens with zero attached hydrogens (tertiary/aromatic N) is 4. The smallest absolute Gasteiger partial charge is 0.197 e. The van der Waals surface area contributed by atoms with E-state index in [0.717, 1.165) is 0 Å². The Labute approximate surface area is 135 Å². The molecule has 4 atom stereocenters. The summed E-state index contributed by atoms with van der Waals surface area (Å²) in [4.78, 5) is 12.1. The van der Waals surface area contributed by atoms with Crippen LogP contribution in [0.3, 0.4) is 0 Å². The topological polar surface area (TPSA) is 136 Å². The molecule has 22 heavy (non-hydrogen) atoms. The maximum atomic E-state index is 10.1. The maximum absolute atomic E-state index is 10.1. The fourth-order valence-electron chi connectivity index (χ4n) is 2.32. The van der Waals surface area contributed by atoms with Crippen LogP contribution in [-0.2, 0) is 17.3 Å². The van der Waals surface area contributed by atoms with E-state index >= 15 is 0 Å². The third kappa shape index (κ3) is 2.90. The van der Waals surface area contributed by atoms with Crippen LogP contribution >= 0.6 is 11.8 Å². The van der Waals surface area contributed by atoms with Crippen LogP contribution in [0, 0.1) is 0 Å². The minimum Gasteiger partial charge on any atom is -0.387 e. The van der Waals surface area contributed by atoms with Gasteiger partial charge in [0.25, 0.3) is 0 Å². The highest BCUT2D eigenvalue weighted by Crippen LogP contribution is 2.32. The molecular formula is C11H15N5O4S2. The summed E-state index contributed by atoms with van der Waals surface area (Å²) in [5.74, 6) is 0.862. The number of aromatic nitrogens is 4. The van der Waals surface area contributed by atoms with Crippen molar-refractivity contribution in [3.05, 3.63) is 12.7 Å². The summed E-state index contributed by atoms with van der Waals surface area (Å²) in [7, 11) is 0. The molecule has 2 aromatic rings. The van der Waals surface area contributed by atoms with Gasteiger partial charge in [0.1, 0.15) is 24.1 Å². The van der Waals surface area contributed by atoms with Crippen LogP contribution in [0.15, 0.2) is 12.7 Å². The van der Waals surface area contributed by atoms with Gasteiger partial charge in [0.2, 0.25) is 0 Å². The summed E-state index contributed by atoms with van der Waals surface area (Å²) in [5, 5.41) is 20.2. The van der Waals surface area contributed by atoms with Crippen molar-refractivity contribution in [3.63, 3.8) is 0 Å². The molecule has 1 saturated heterocycles. The number of nitrogen functional groups attached to an aromatic ring is 1. The number of nitrogens with two attached hydrogens (primary N) is 1. The Morgan fingerprint density at radius 3 is 2.77 bits per heavy atom. The van der Waals surface area contributed by atoms with Crippen molar-refractivity contribution in [1.82, 2.24) is 19.5 Å². The number of imidazole rings is 1. The summed E-state index contributed by atoms with van der Waals surface area (Å²) in [6.45, 7) is 0. The third-order valence-electron chi connectivity index (χ3n) is 3.33. The SMILES string of the molecule is CSC[C@H]1O[C@@H](n2cnc3c(N)ncnc32)[C@H](O)[C@@H]1O.O=S. The fourth-order valence-corrected chi connectivity index (χ4v) is 2.92. The van der Waals surface area contributed by atoms with Gasteiger partial charge in [0.15, 0.2) is 30.2 Å². The number of aliphatic hydroxyl groups excluding tert-OH is 2. The Balaban J connectivity index is 0.000000847. The second-order valence-electron chi connectivity index (χ2n) is 4.58. The van der Waals surface area contributed by atoms with Crippen LogP contribution in [0.4, 0.5) is 5.82 Å². The van der Waals surface area contributed by atoms with Gasteiger partial charge in [-0.3, -0.25) is 4.57 Å².